The van der Waals surface area contributed by atoms with E-state index in [9.17, 15) is 4.79 Å². The third-order valence-corrected chi connectivity index (χ3v) is 5.44. The third-order valence-electron chi connectivity index (χ3n) is 4.82. The van der Waals surface area contributed by atoms with Crippen molar-refractivity contribution in [3.05, 3.63) is 75.0 Å². The molecule has 164 valence electrons. The van der Waals surface area contributed by atoms with Crippen LogP contribution in [0.4, 0.5) is 11.6 Å². The second-order valence-electron chi connectivity index (χ2n) is 6.82. The number of nitrogens with zero attached hydrogens (tertiary/aromatic N) is 6. The Labute approximate surface area is 196 Å². The monoisotopic (exact) mass is 480 g/mol. The number of aromatic amines is 1. The smallest absolute Gasteiger partial charge is 0.285 e. The van der Waals surface area contributed by atoms with Crippen molar-refractivity contribution >= 4 is 45.9 Å². The lowest BCUT2D eigenvalue weighted by Gasteiger charge is -2.14. The first-order chi connectivity index (χ1) is 16.0. The van der Waals surface area contributed by atoms with Gasteiger partial charge < -0.3 is 10.2 Å². The molecule has 0 fully saturated rings. The van der Waals surface area contributed by atoms with Gasteiger partial charge in [-0.15, -0.1) is 14.9 Å². The van der Waals surface area contributed by atoms with E-state index in [4.69, 9.17) is 28.0 Å². The SMILES string of the molecule is COn1c(=O)ccc2c(-c3c(Cl)cccc3Cl)nc(Nc3cccc(-c4nn[nH]n4)c3)nc21. The summed E-state index contributed by atoms with van der Waals surface area (Å²) in [6.07, 6.45) is 0. The van der Waals surface area contributed by atoms with Crippen LogP contribution in [-0.4, -0.2) is 42.4 Å². The summed E-state index contributed by atoms with van der Waals surface area (Å²) in [6, 6.07) is 15.5. The number of hydrogen-bond donors (Lipinski definition) is 2. The Kier molecular flexibility index (Phi) is 5.37. The molecule has 3 heterocycles. The highest BCUT2D eigenvalue weighted by molar-refractivity contribution is 6.39. The first kappa shape index (κ1) is 20.9. The molecule has 0 spiro atoms. The zero-order valence-electron chi connectivity index (χ0n) is 17.0. The minimum atomic E-state index is -0.384. The number of rotatable bonds is 5. The molecule has 0 saturated carbocycles. The van der Waals surface area contributed by atoms with Crippen molar-refractivity contribution in [3.8, 4) is 22.6 Å². The summed E-state index contributed by atoms with van der Waals surface area (Å²) in [5, 5.41) is 18.5. The van der Waals surface area contributed by atoms with Crippen LogP contribution in [0, 0.1) is 0 Å². The van der Waals surface area contributed by atoms with Gasteiger partial charge in [-0.3, -0.25) is 4.79 Å². The summed E-state index contributed by atoms with van der Waals surface area (Å²) in [6.45, 7) is 0. The quantitative estimate of drug-likeness (QED) is 0.389. The fraction of sp³-hybridized carbons (Fsp3) is 0.0476. The van der Waals surface area contributed by atoms with Gasteiger partial charge in [0.1, 0.15) is 7.11 Å². The van der Waals surface area contributed by atoms with E-state index in [0.717, 1.165) is 10.3 Å². The summed E-state index contributed by atoms with van der Waals surface area (Å²) >= 11 is 12.9. The first-order valence-electron chi connectivity index (χ1n) is 9.59. The van der Waals surface area contributed by atoms with Gasteiger partial charge in [0.25, 0.3) is 5.56 Å². The van der Waals surface area contributed by atoms with Gasteiger partial charge >= 0.3 is 0 Å². The van der Waals surface area contributed by atoms with Crippen molar-refractivity contribution in [2.75, 3.05) is 12.4 Å². The van der Waals surface area contributed by atoms with Gasteiger partial charge in [0, 0.05) is 28.3 Å². The van der Waals surface area contributed by atoms with Crippen LogP contribution in [0.15, 0.2) is 59.4 Å². The van der Waals surface area contributed by atoms with Gasteiger partial charge in [-0.05, 0) is 35.5 Å². The maximum absolute atomic E-state index is 12.4. The highest BCUT2D eigenvalue weighted by atomic mass is 35.5. The molecule has 0 aliphatic heterocycles. The molecule has 0 radical (unpaired) electrons. The van der Waals surface area contributed by atoms with E-state index in [1.807, 2.05) is 24.3 Å². The molecule has 0 atom stereocenters. The lowest BCUT2D eigenvalue weighted by molar-refractivity contribution is 0.167. The average Bonchev–Trinajstić information content (AvgIpc) is 3.34. The van der Waals surface area contributed by atoms with Gasteiger partial charge in [0.2, 0.25) is 11.8 Å². The number of aromatic nitrogens is 7. The zero-order valence-corrected chi connectivity index (χ0v) is 18.5. The molecule has 12 heteroatoms. The van der Waals surface area contributed by atoms with Crippen molar-refractivity contribution in [2.24, 2.45) is 0 Å². The lowest BCUT2D eigenvalue weighted by atomic mass is 10.1. The van der Waals surface area contributed by atoms with E-state index in [0.29, 0.717) is 38.2 Å². The second-order valence-corrected chi connectivity index (χ2v) is 7.63. The molecule has 3 aromatic heterocycles. The van der Waals surface area contributed by atoms with Crippen LogP contribution < -0.4 is 15.7 Å². The lowest BCUT2D eigenvalue weighted by Crippen LogP contribution is -2.25. The fourth-order valence-electron chi connectivity index (χ4n) is 3.39. The molecule has 0 saturated heterocycles. The van der Waals surface area contributed by atoms with Gasteiger partial charge in [0.05, 0.1) is 15.7 Å². The third kappa shape index (κ3) is 3.86. The number of tetrazole rings is 1. The molecule has 5 rings (SSSR count). The van der Waals surface area contributed by atoms with Crippen molar-refractivity contribution < 1.29 is 4.84 Å². The van der Waals surface area contributed by atoms with Gasteiger partial charge in [-0.1, -0.05) is 41.4 Å². The second kappa shape index (κ2) is 8.49. The van der Waals surface area contributed by atoms with Crippen molar-refractivity contribution in [2.45, 2.75) is 0 Å². The molecule has 0 aliphatic rings. The normalized spacial score (nSPS) is 11.0. The largest absolute Gasteiger partial charge is 0.412 e. The number of nitrogens with one attached hydrogen (secondary N) is 2. The molecule has 0 amide bonds. The standard InChI is InChI=1S/C21H14Cl2N8O2/c1-33-31-16(32)9-8-13-18(17-14(22)6-3-7-15(17)23)25-21(26-20(13)31)24-12-5-2-4-11(10-12)19-27-29-30-28-19/h2-10H,1H3,(H,24,25,26)(H,27,28,29,30). The van der Waals surface area contributed by atoms with Gasteiger partial charge in [0.15, 0.2) is 5.65 Å². The maximum Gasteiger partial charge on any atom is 0.285 e. The number of fused-ring (bicyclic) bond motifs is 1. The number of halogens is 2. The van der Waals surface area contributed by atoms with Crippen LogP contribution in [0.3, 0.4) is 0 Å². The number of pyridine rings is 1. The first-order valence-corrected chi connectivity index (χ1v) is 10.3. The predicted molar refractivity (Wildman–Crippen MR) is 125 cm³/mol. The highest BCUT2D eigenvalue weighted by Gasteiger charge is 2.19. The van der Waals surface area contributed by atoms with Crippen LogP contribution in [0.25, 0.3) is 33.7 Å². The van der Waals surface area contributed by atoms with E-state index in [1.54, 1.807) is 24.3 Å². The molecule has 0 bridgehead atoms. The summed E-state index contributed by atoms with van der Waals surface area (Å²) in [5.41, 5.74) is 2.22. The Morgan fingerprint density at radius 3 is 2.55 bits per heavy atom. The molecule has 0 aliphatic carbocycles. The molecular weight excluding hydrogens is 467 g/mol. The van der Waals surface area contributed by atoms with Crippen LogP contribution in [0.1, 0.15) is 0 Å². The predicted octanol–water partition coefficient (Wildman–Crippen LogP) is 3.75. The van der Waals surface area contributed by atoms with Crippen molar-refractivity contribution in [1.29, 1.82) is 0 Å². The van der Waals surface area contributed by atoms with Crippen LogP contribution >= 0.6 is 23.2 Å². The zero-order chi connectivity index (χ0) is 22.9. The van der Waals surface area contributed by atoms with Gasteiger partial charge in [-0.2, -0.15) is 10.2 Å². The van der Waals surface area contributed by atoms with E-state index < -0.39 is 0 Å². The van der Waals surface area contributed by atoms with Crippen molar-refractivity contribution in [1.82, 2.24) is 35.3 Å². The highest BCUT2D eigenvalue weighted by Crippen LogP contribution is 2.37. The van der Waals surface area contributed by atoms with Crippen LogP contribution in [0.5, 0.6) is 0 Å². The average molecular weight is 481 g/mol. The topological polar surface area (TPSA) is 124 Å². The molecule has 33 heavy (non-hydrogen) atoms. The molecular formula is C21H14Cl2N8O2. The fourth-order valence-corrected chi connectivity index (χ4v) is 3.97. The van der Waals surface area contributed by atoms with E-state index >= 15 is 0 Å². The molecule has 2 N–H and O–H groups in total. The minimum Gasteiger partial charge on any atom is -0.412 e. The van der Waals surface area contributed by atoms with Crippen LogP contribution in [0.2, 0.25) is 10.0 Å². The number of H-pyrrole nitrogens is 1. The number of benzene rings is 2. The summed E-state index contributed by atoms with van der Waals surface area (Å²) in [4.78, 5) is 26.8. The molecule has 2 aromatic carbocycles. The minimum absolute atomic E-state index is 0.204. The molecule has 0 unspecified atom stereocenters. The molecule has 5 aromatic rings. The Balaban J connectivity index is 1.71. The summed E-state index contributed by atoms with van der Waals surface area (Å²) in [5.74, 6) is 0.644. The Morgan fingerprint density at radius 1 is 1.03 bits per heavy atom. The van der Waals surface area contributed by atoms with Gasteiger partial charge in [-0.25, -0.2) is 4.98 Å². The van der Waals surface area contributed by atoms with E-state index in [2.05, 4.69) is 35.9 Å². The van der Waals surface area contributed by atoms with Crippen LogP contribution in [-0.2, 0) is 0 Å². The Morgan fingerprint density at radius 2 is 1.82 bits per heavy atom. The Hall–Kier alpha value is -4.02. The number of hydrogen-bond acceptors (Lipinski definition) is 8. The van der Waals surface area contributed by atoms with Crippen molar-refractivity contribution in [3.63, 3.8) is 0 Å². The van der Waals surface area contributed by atoms with E-state index in [-0.39, 0.29) is 17.2 Å². The summed E-state index contributed by atoms with van der Waals surface area (Å²) < 4.78 is 1.08. The maximum atomic E-state index is 12.4. The molecule has 10 nitrogen and oxygen atoms in total. The summed E-state index contributed by atoms with van der Waals surface area (Å²) in [7, 11) is 1.38. The van der Waals surface area contributed by atoms with E-state index in [1.165, 1.54) is 13.2 Å². The number of anilines is 2. The Bertz CT molecular complexity index is 1520.